The predicted molar refractivity (Wildman–Crippen MR) is 85.0 cm³/mol. The maximum Gasteiger partial charge on any atom is 0.397 e. The number of carbonyl (C=O) groups is 1. The molecule has 4 N–H and O–H groups in total. The zero-order valence-corrected chi connectivity index (χ0v) is 14.3. The van der Waals surface area contributed by atoms with Crippen molar-refractivity contribution < 1.29 is 41.6 Å². The van der Waals surface area contributed by atoms with Crippen LogP contribution in [-0.2, 0) is 24.1 Å². The fourth-order valence-corrected chi connectivity index (χ4v) is 2.37. The Morgan fingerprint density at radius 1 is 1.28 bits per heavy atom. The van der Waals surface area contributed by atoms with Crippen LogP contribution in [0.4, 0.5) is 0 Å². The molecule has 1 unspecified atom stereocenters. The Balaban J connectivity index is 2.71. The van der Waals surface area contributed by atoms with E-state index in [1.54, 1.807) is 30.3 Å². The SMILES string of the molecule is CC(=O)NC[C@@H](O)[C@@H](OS(=O)(=O)O)C(CO)OCOc1ccccc1. The maximum absolute atomic E-state index is 11.0. The van der Waals surface area contributed by atoms with Crippen molar-refractivity contribution in [3.63, 3.8) is 0 Å². The topological polar surface area (TPSA) is 152 Å². The molecule has 1 rings (SSSR count). The lowest BCUT2D eigenvalue weighted by molar-refractivity contribution is -0.130. The highest BCUT2D eigenvalue weighted by Crippen LogP contribution is 2.14. The molecule has 0 saturated heterocycles. The second-order valence-electron chi connectivity index (χ2n) is 4.96. The molecule has 142 valence electrons. The van der Waals surface area contributed by atoms with Crippen molar-refractivity contribution in [3.05, 3.63) is 30.3 Å². The van der Waals surface area contributed by atoms with Crippen molar-refractivity contribution in [2.24, 2.45) is 0 Å². The molecule has 0 spiro atoms. The highest BCUT2D eigenvalue weighted by atomic mass is 32.3. The molecule has 0 fully saturated rings. The molecule has 0 aliphatic heterocycles. The minimum Gasteiger partial charge on any atom is -0.468 e. The van der Waals surface area contributed by atoms with Crippen molar-refractivity contribution in [2.75, 3.05) is 19.9 Å². The predicted octanol–water partition coefficient (Wildman–Crippen LogP) is -0.915. The zero-order chi connectivity index (χ0) is 18.9. The first kappa shape index (κ1) is 21.3. The molecular formula is C14H21NO9S. The number of nitrogens with one attached hydrogen (secondary N) is 1. The second-order valence-corrected chi connectivity index (χ2v) is 6.00. The van der Waals surface area contributed by atoms with E-state index in [1.807, 2.05) is 0 Å². The molecule has 0 saturated carbocycles. The van der Waals surface area contributed by atoms with E-state index in [0.717, 1.165) is 0 Å². The van der Waals surface area contributed by atoms with Gasteiger partial charge in [-0.3, -0.25) is 9.35 Å². The van der Waals surface area contributed by atoms with Gasteiger partial charge < -0.3 is 25.0 Å². The summed E-state index contributed by atoms with van der Waals surface area (Å²) in [5, 5.41) is 21.6. The van der Waals surface area contributed by atoms with Gasteiger partial charge in [0.15, 0.2) is 6.79 Å². The number of amides is 1. The van der Waals surface area contributed by atoms with Gasteiger partial charge in [-0.25, -0.2) is 4.18 Å². The number of ether oxygens (including phenoxy) is 2. The summed E-state index contributed by atoms with van der Waals surface area (Å²) in [5.41, 5.74) is 0. The van der Waals surface area contributed by atoms with Crippen LogP contribution < -0.4 is 10.1 Å². The zero-order valence-electron chi connectivity index (χ0n) is 13.4. The lowest BCUT2D eigenvalue weighted by atomic mass is 10.1. The molecule has 0 radical (unpaired) electrons. The van der Waals surface area contributed by atoms with Gasteiger partial charge in [0.2, 0.25) is 5.91 Å². The Labute approximate surface area is 145 Å². The average molecular weight is 379 g/mol. The van der Waals surface area contributed by atoms with E-state index in [9.17, 15) is 23.4 Å². The molecule has 10 nitrogen and oxygen atoms in total. The van der Waals surface area contributed by atoms with Gasteiger partial charge in [-0.15, -0.1) is 0 Å². The third-order valence-electron chi connectivity index (χ3n) is 2.97. The molecule has 25 heavy (non-hydrogen) atoms. The molecule has 1 aromatic carbocycles. The normalized spacial score (nSPS) is 15.2. The van der Waals surface area contributed by atoms with E-state index >= 15 is 0 Å². The number of para-hydroxylation sites is 1. The van der Waals surface area contributed by atoms with Crippen LogP contribution in [0.5, 0.6) is 5.75 Å². The fourth-order valence-electron chi connectivity index (χ4n) is 1.84. The fraction of sp³-hybridized carbons (Fsp3) is 0.500. The third-order valence-corrected chi connectivity index (χ3v) is 3.43. The van der Waals surface area contributed by atoms with Crippen LogP contribution >= 0.6 is 0 Å². The Bertz CT molecular complexity index is 622. The Morgan fingerprint density at radius 2 is 1.92 bits per heavy atom. The van der Waals surface area contributed by atoms with Gasteiger partial charge in [0.25, 0.3) is 0 Å². The molecule has 0 aliphatic rings. The quantitative estimate of drug-likeness (QED) is 0.283. The second kappa shape index (κ2) is 10.3. The van der Waals surface area contributed by atoms with Gasteiger partial charge in [0.05, 0.1) is 6.61 Å². The summed E-state index contributed by atoms with van der Waals surface area (Å²) in [7, 11) is -4.94. The maximum atomic E-state index is 11.0. The van der Waals surface area contributed by atoms with Crippen LogP contribution in [0.3, 0.4) is 0 Å². The minimum atomic E-state index is -4.94. The standard InChI is InChI=1S/C14H21NO9S/c1-10(17)15-7-12(18)14(24-25(19,20)21)13(8-16)23-9-22-11-5-3-2-4-6-11/h2-6,12-14,16,18H,7-9H2,1H3,(H,15,17)(H,19,20,21)/t12-,13?,14-/m1/s1. The van der Waals surface area contributed by atoms with Crippen LogP contribution in [0.2, 0.25) is 0 Å². The molecule has 0 aromatic heterocycles. The monoisotopic (exact) mass is 379 g/mol. The largest absolute Gasteiger partial charge is 0.468 e. The lowest BCUT2D eigenvalue weighted by Crippen LogP contribution is -2.49. The number of aliphatic hydroxyl groups is 2. The molecule has 0 heterocycles. The minimum absolute atomic E-state index is 0.380. The first-order valence-corrected chi connectivity index (χ1v) is 8.58. The average Bonchev–Trinajstić information content (AvgIpc) is 2.55. The molecule has 3 atom stereocenters. The van der Waals surface area contributed by atoms with Crippen molar-refractivity contribution in [1.29, 1.82) is 0 Å². The van der Waals surface area contributed by atoms with E-state index in [1.165, 1.54) is 6.92 Å². The summed E-state index contributed by atoms with van der Waals surface area (Å²) in [6, 6.07) is 8.52. The Morgan fingerprint density at radius 3 is 2.44 bits per heavy atom. The Kier molecular flexibility index (Phi) is 8.75. The molecule has 1 aromatic rings. The number of benzene rings is 1. The van der Waals surface area contributed by atoms with E-state index in [0.29, 0.717) is 5.75 Å². The van der Waals surface area contributed by atoms with Crippen LogP contribution in [0, 0.1) is 0 Å². The first-order chi connectivity index (χ1) is 11.7. The number of aliphatic hydroxyl groups excluding tert-OH is 2. The smallest absolute Gasteiger partial charge is 0.397 e. The highest BCUT2D eigenvalue weighted by molar-refractivity contribution is 7.80. The molecular weight excluding hydrogens is 358 g/mol. The van der Waals surface area contributed by atoms with E-state index in [4.69, 9.17) is 14.0 Å². The highest BCUT2D eigenvalue weighted by Gasteiger charge is 2.34. The third kappa shape index (κ3) is 8.77. The molecule has 0 bridgehead atoms. The number of hydrogen-bond acceptors (Lipinski definition) is 8. The van der Waals surface area contributed by atoms with Crippen LogP contribution in [0.25, 0.3) is 0 Å². The van der Waals surface area contributed by atoms with Gasteiger partial charge in [0.1, 0.15) is 24.1 Å². The van der Waals surface area contributed by atoms with Crippen molar-refractivity contribution >= 4 is 16.3 Å². The van der Waals surface area contributed by atoms with Gasteiger partial charge in [-0.05, 0) is 12.1 Å². The Hall–Kier alpha value is -1.76. The lowest BCUT2D eigenvalue weighted by Gasteiger charge is -2.28. The molecule has 1 amide bonds. The van der Waals surface area contributed by atoms with Crippen LogP contribution in [0.1, 0.15) is 6.92 Å². The van der Waals surface area contributed by atoms with Crippen molar-refractivity contribution in [3.8, 4) is 5.75 Å². The number of hydrogen-bond donors (Lipinski definition) is 4. The van der Waals surface area contributed by atoms with Crippen molar-refractivity contribution in [2.45, 2.75) is 25.2 Å². The summed E-state index contributed by atoms with van der Waals surface area (Å²) in [4.78, 5) is 10.9. The van der Waals surface area contributed by atoms with E-state index < -0.39 is 41.2 Å². The number of rotatable bonds is 11. The summed E-state index contributed by atoms with van der Waals surface area (Å²) >= 11 is 0. The van der Waals surface area contributed by atoms with Crippen molar-refractivity contribution in [1.82, 2.24) is 5.32 Å². The van der Waals surface area contributed by atoms with E-state index in [2.05, 4.69) is 9.50 Å². The summed E-state index contributed by atoms with van der Waals surface area (Å²) in [6.45, 7) is -0.309. The molecule has 0 aliphatic carbocycles. The van der Waals surface area contributed by atoms with Crippen LogP contribution in [-0.4, -0.2) is 67.3 Å². The summed E-state index contributed by atoms with van der Waals surface area (Å²) in [6.07, 6.45) is -4.61. The van der Waals surface area contributed by atoms with Gasteiger partial charge >= 0.3 is 10.4 Å². The van der Waals surface area contributed by atoms with Gasteiger partial charge in [-0.1, -0.05) is 18.2 Å². The first-order valence-electron chi connectivity index (χ1n) is 7.21. The van der Waals surface area contributed by atoms with E-state index in [-0.39, 0.29) is 13.3 Å². The number of carbonyl (C=O) groups excluding carboxylic acids is 1. The summed E-state index contributed by atoms with van der Waals surface area (Å²) in [5.74, 6) is -0.0104. The van der Waals surface area contributed by atoms with Crippen LogP contribution in [0.15, 0.2) is 30.3 Å². The van der Waals surface area contributed by atoms with Gasteiger partial charge in [-0.2, -0.15) is 8.42 Å². The van der Waals surface area contributed by atoms with Gasteiger partial charge in [0, 0.05) is 13.5 Å². The summed E-state index contributed by atoms with van der Waals surface area (Å²) < 4.78 is 45.6. The molecule has 11 heteroatoms.